The molecular formula is C21H29N3O3S. The van der Waals surface area contributed by atoms with Crippen LogP contribution >= 0.6 is 11.8 Å². The van der Waals surface area contributed by atoms with E-state index in [1.807, 2.05) is 51.1 Å². The summed E-state index contributed by atoms with van der Waals surface area (Å²) in [7, 11) is 3.28. The van der Waals surface area contributed by atoms with Crippen LogP contribution in [-0.2, 0) is 29.6 Å². The van der Waals surface area contributed by atoms with Gasteiger partial charge >= 0.3 is 0 Å². The van der Waals surface area contributed by atoms with Crippen molar-refractivity contribution in [1.82, 2.24) is 14.9 Å². The Balaban J connectivity index is 2.31. The lowest BCUT2D eigenvalue weighted by molar-refractivity contribution is -0.120. The van der Waals surface area contributed by atoms with E-state index in [4.69, 9.17) is 4.74 Å². The van der Waals surface area contributed by atoms with Gasteiger partial charge in [-0.15, -0.1) is 0 Å². The van der Waals surface area contributed by atoms with E-state index in [0.717, 1.165) is 12.0 Å². The summed E-state index contributed by atoms with van der Waals surface area (Å²) < 4.78 is 6.80. The number of ether oxygens (including phenoxy) is 1. The minimum absolute atomic E-state index is 0.0600. The lowest BCUT2D eigenvalue weighted by Crippen LogP contribution is -2.37. The summed E-state index contributed by atoms with van der Waals surface area (Å²) in [4.78, 5) is 30.0. The Hall–Kier alpha value is -2.12. The zero-order valence-electron chi connectivity index (χ0n) is 17.2. The molecule has 0 saturated heterocycles. The lowest BCUT2D eigenvalue weighted by atomic mass is 10.0. The van der Waals surface area contributed by atoms with Crippen molar-refractivity contribution >= 4 is 17.7 Å². The van der Waals surface area contributed by atoms with Crippen molar-refractivity contribution in [1.29, 1.82) is 0 Å². The molecule has 0 bridgehead atoms. The van der Waals surface area contributed by atoms with Gasteiger partial charge in [-0.3, -0.25) is 14.2 Å². The first-order valence-electron chi connectivity index (χ1n) is 9.46. The van der Waals surface area contributed by atoms with Crippen LogP contribution in [0, 0.1) is 0 Å². The highest BCUT2D eigenvalue weighted by atomic mass is 32.2. The summed E-state index contributed by atoms with van der Waals surface area (Å²) in [6.45, 7) is 6.07. The van der Waals surface area contributed by atoms with Crippen LogP contribution < -0.4 is 10.9 Å². The van der Waals surface area contributed by atoms with Gasteiger partial charge in [-0.2, -0.15) is 0 Å². The third-order valence-corrected chi connectivity index (χ3v) is 5.73. The second-order valence-electron chi connectivity index (χ2n) is 6.86. The summed E-state index contributed by atoms with van der Waals surface area (Å²) in [5.41, 5.74) is 2.17. The van der Waals surface area contributed by atoms with E-state index in [9.17, 15) is 9.59 Å². The van der Waals surface area contributed by atoms with Gasteiger partial charge in [-0.1, -0.05) is 49.0 Å². The van der Waals surface area contributed by atoms with E-state index in [-0.39, 0.29) is 29.4 Å². The van der Waals surface area contributed by atoms with E-state index >= 15 is 0 Å². The monoisotopic (exact) mass is 403 g/mol. The van der Waals surface area contributed by atoms with Gasteiger partial charge < -0.3 is 10.1 Å². The van der Waals surface area contributed by atoms with Crippen LogP contribution in [-0.4, -0.2) is 33.9 Å². The maximum absolute atomic E-state index is 13.0. The van der Waals surface area contributed by atoms with Gasteiger partial charge in [0.05, 0.1) is 17.6 Å². The normalized spacial score (nSPS) is 13.2. The Morgan fingerprint density at radius 1 is 1.29 bits per heavy atom. The van der Waals surface area contributed by atoms with Crippen LogP contribution in [0.15, 0.2) is 40.3 Å². The molecule has 1 amide bonds. The molecule has 2 atom stereocenters. The van der Waals surface area contributed by atoms with Crippen LogP contribution in [0.25, 0.3) is 0 Å². The number of amides is 1. The number of hydrogen-bond donors (Lipinski definition) is 1. The molecule has 152 valence electrons. The number of carbonyl (C=O) groups excluding carboxylic acids is 1. The molecule has 1 aromatic heterocycles. The highest BCUT2D eigenvalue weighted by molar-refractivity contribution is 8.00. The molecule has 1 heterocycles. The summed E-state index contributed by atoms with van der Waals surface area (Å²) in [5.74, 6) is -0.0600. The Morgan fingerprint density at radius 2 is 1.96 bits per heavy atom. The Kier molecular flexibility index (Phi) is 8.26. The predicted molar refractivity (Wildman–Crippen MR) is 113 cm³/mol. The van der Waals surface area contributed by atoms with Gasteiger partial charge in [-0.05, 0) is 25.8 Å². The first-order chi connectivity index (χ1) is 13.4. The second kappa shape index (κ2) is 10.4. The molecule has 2 unspecified atom stereocenters. The van der Waals surface area contributed by atoms with E-state index < -0.39 is 0 Å². The van der Waals surface area contributed by atoms with Gasteiger partial charge in [0.2, 0.25) is 5.91 Å². The number of rotatable bonds is 9. The molecule has 0 spiro atoms. The maximum atomic E-state index is 13.0. The molecule has 1 aromatic carbocycles. The van der Waals surface area contributed by atoms with Crippen molar-refractivity contribution in [2.24, 2.45) is 7.05 Å². The SMILES string of the molecule is CCC(C)NC(=O)C(C)Sc1nc(COC)c(Cc2ccccc2)c(=O)n1C. The fraction of sp³-hybridized carbons (Fsp3) is 0.476. The lowest BCUT2D eigenvalue weighted by Gasteiger charge is -2.18. The van der Waals surface area contributed by atoms with E-state index in [1.165, 1.54) is 16.3 Å². The molecule has 6 nitrogen and oxygen atoms in total. The molecule has 0 aliphatic heterocycles. The predicted octanol–water partition coefficient (Wildman–Crippen LogP) is 2.91. The maximum Gasteiger partial charge on any atom is 0.257 e. The zero-order chi connectivity index (χ0) is 20.7. The fourth-order valence-electron chi connectivity index (χ4n) is 2.68. The minimum Gasteiger partial charge on any atom is -0.378 e. The largest absolute Gasteiger partial charge is 0.378 e. The number of aromatic nitrogens is 2. The van der Waals surface area contributed by atoms with Crippen molar-refractivity contribution in [3.05, 3.63) is 57.5 Å². The molecule has 2 rings (SSSR count). The molecule has 1 N–H and O–H groups in total. The fourth-order valence-corrected chi connectivity index (χ4v) is 3.58. The van der Waals surface area contributed by atoms with Crippen molar-refractivity contribution in [3.63, 3.8) is 0 Å². The van der Waals surface area contributed by atoms with Crippen LogP contribution in [0.5, 0.6) is 0 Å². The Labute approximate surface area is 170 Å². The smallest absolute Gasteiger partial charge is 0.257 e. The van der Waals surface area contributed by atoms with Crippen LogP contribution in [0.3, 0.4) is 0 Å². The number of thioether (sulfide) groups is 1. The third kappa shape index (κ3) is 5.69. The number of hydrogen-bond acceptors (Lipinski definition) is 5. The number of benzene rings is 1. The quantitative estimate of drug-likeness (QED) is 0.515. The molecular weight excluding hydrogens is 374 g/mol. The number of nitrogens with one attached hydrogen (secondary N) is 1. The van der Waals surface area contributed by atoms with Gasteiger partial charge in [0.15, 0.2) is 5.16 Å². The molecule has 0 saturated carbocycles. The van der Waals surface area contributed by atoms with Crippen molar-refractivity contribution in [3.8, 4) is 0 Å². The third-order valence-electron chi connectivity index (χ3n) is 4.59. The summed E-state index contributed by atoms with van der Waals surface area (Å²) in [5, 5.41) is 3.12. The van der Waals surface area contributed by atoms with Gasteiger partial charge in [0, 0.05) is 32.2 Å². The Morgan fingerprint density at radius 3 is 2.57 bits per heavy atom. The first-order valence-corrected chi connectivity index (χ1v) is 10.3. The number of carbonyl (C=O) groups is 1. The van der Waals surface area contributed by atoms with Crippen molar-refractivity contribution in [2.75, 3.05) is 7.11 Å². The molecule has 2 aromatic rings. The first kappa shape index (κ1) is 22.2. The highest BCUT2D eigenvalue weighted by Crippen LogP contribution is 2.22. The molecule has 28 heavy (non-hydrogen) atoms. The topological polar surface area (TPSA) is 73.2 Å². The Bertz CT molecular complexity index is 852. The van der Waals surface area contributed by atoms with Crippen molar-refractivity contribution in [2.45, 2.75) is 56.7 Å². The summed E-state index contributed by atoms with van der Waals surface area (Å²) in [6, 6.07) is 9.93. The number of methoxy groups -OCH3 is 1. The average molecular weight is 404 g/mol. The van der Waals surface area contributed by atoms with Crippen LogP contribution in [0.4, 0.5) is 0 Å². The van der Waals surface area contributed by atoms with Crippen LogP contribution in [0.1, 0.15) is 44.0 Å². The van der Waals surface area contributed by atoms with Gasteiger partial charge in [0.25, 0.3) is 5.56 Å². The molecule has 0 radical (unpaired) electrons. The summed E-state index contributed by atoms with van der Waals surface area (Å²) in [6.07, 6.45) is 1.36. The van der Waals surface area contributed by atoms with Gasteiger partial charge in [0.1, 0.15) is 0 Å². The second-order valence-corrected chi connectivity index (χ2v) is 8.17. The minimum atomic E-state index is -0.359. The zero-order valence-corrected chi connectivity index (χ0v) is 18.0. The standard InChI is InChI=1S/C21H29N3O3S/c1-6-14(2)22-19(25)15(3)28-21-23-18(13-27-5)17(20(26)24(21)4)12-16-10-8-7-9-11-16/h7-11,14-15H,6,12-13H2,1-5H3,(H,22,25). The average Bonchev–Trinajstić information content (AvgIpc) is 2.69. The van der Waals surface area contributed by atoms with E-state index in [2.05, 4.69) is 10.3 Å². The summed E-state index contributed by atoms with van der Waals surface area (Å²) >= 11 is 1.28. The molecule has 0 aliphatic rings. The van der Waals surface area contributed by atoms with Crippen molar-refractivity contribution < 1.29 is 9.53 Å². The van der Waals surface area contributed by atoms with E-state index in [1.54, 1.807) is 14.2 Å². The van der Waals surface area contributed by atoms with Crippen LogP contribution in [0.2, 0.25) is 0 Å². The highest BCUT2D eigenvalue weighted by Gasteiger charge is 2.21. The molecule has 0 fully saturated rings. The van der Waals surface area contributed by atoms with Gasteiger partial charge in [-0.25, -0.2) is 4.98 Å². The van der Waals surface area contributed by atoms with E-state index in [0.29, 0.717) is 22.8 Å². The molecule has 7 heteroatoms. The number of nitrogens with zero attached hydrogens (tertiary/aromatic N) is 2. The molecule has 0 aliphatic carbocycles.